The number of hydrazine groups is 1. The Morgan fingerprint density at radius 2 is 2.06 bits per heavy atom. The van der Waals surface area contributed by atoms with Crippen molar-refractivity contribution in [3.05, 3.63) is 52.3 Å². The first kappa shape index (κ1) is 11.3. The second-order valence-corrected chi connectivity index (χ2v) is 3.66. The van der Waals surface area contributed by atoms with Crippen LogP contribution >= 0.6 is 0 Å². The monoisotopic (exact) mass is 231 g/mol. The molecule has 0 saturated carbocycles. The van der Waals surface area contributed by atoms with Gasteiger partial charge in [0.05, 0.1) is 6.54 Å². The lowest BCUT2D eigenvalue weighted by Gasteiger charge is -2.07. The van der Waals surface area contributed by atoms with E-state index in [4.69, 9.17) is 5.84 Å². The molecule has 88 valence electrons. The van der Waals surface area contributed by atoms with E-state index in [1.54, 1.807) is 18.5 Å². The largest absolute Gasteiger partial charge is 0.346 e. The van der Waals surface area contributed by atoms with E-state index in [1.165, 1.54) is 12.1 Å². The van der Waals surface area contributed by atoms with Gasteiger partial charge >= 0.3 is 0 Å². The van der Waals surface area contributed by atoms with Gasteiger partial charge in [-0.2, -0.15) is 0 Å². The Hall–Kier alpha value is -2.21. The van der Waals surface area contributed by atoms with Gasteiger partial charge in [-0.15, -0.1) is 0 Å². The van der Waals surface area contributed by atoms with E-state index in [1.807, 2.05) is 11.5 Å². The predicted molar refractivity (Wildman–Crippen MR) is 64.4 cm³/mol. The Morgan fingerprint density at radius 3 is 2.71 bits per heavy atom. The van der Waals surface area contributed by atoms with Gasteiger partial charge in [0.1, 0.15) is 5.82 Å². The minimum atomic E-state index is -0.0178. The highest BCUT2D eigenvalue weighted by Crippen LogP contribution is 2.05. The number of aromatic nitrogens is 3. The van der Waals surface area contributed by atoms with Crippen LogP contribution in [0.25, 0.3) is 0 Å². The van der Waals surface area contributed by atoms with Crippen molar-refractivity contribution in [3.8, 4) is 0 Å². The second kappa shape index (κ2) is 4.75. The number of nitrogens with one attached hydrogen (secondary N) is 1. The number of pyridine rings is 1. The van der Waals surface area contributed by atoms with Crippen molar-refractivity contribution in [2.24, 2.45) is 5.84 Å². The summed E-state index contributed by atoms with van der Waals surface area (Å²) in [6.07, 6.45) is 3.40. The SMILES string of the molecule is Cc1cc(NN)nc(Cn2ccc(=O)cc2)n1. The standard InChI is InChI=1S/C11H13N5O/c1-8-6-10(15-12)14-11(13-8)7-16-4-2-9(17)3-5-16/h2-6H,7,12H2,1H3,(H,13,14,15). The highest BCUT2D eigenvalue weighted by atomic mass is 16.1. The van der Waals surface area contributed by atoms with Crippen molar-refractivity contribution >= 4 is 5.82 Å². The number of nitrogens with zero attached hydrogens (tertiary/aromatic N) is 3. The van der Waals surface area contributed by atoms with E-state index in [2.05, 4.69) is 15.4 Å². The summed E-state index contributed by atoms with van der Waals surface area (Å²) in [6, 6.07) is 4.75. The van der Waals surface area contributed by atoms with Crippen molar-refractivity contribution in [2.45, 2.75) is 13.5 Å². The lowest BCUT2D eigenvalue weighted by atomic mass is 10.4. The highest BCUT2D eigenvalue weighted by Gasteiger charge is 2.01. The number of nitrogens with two attached hydrogens (primary N) is 1. The predicted octanol–water partition coefficient (Wildman–Crippen LogP) is 0.281. The Bertz CT molecular complexity index is 558. The van der Waals surface area contributed by atoms with E-state index in [9.17, 15) is 4.79 Å². The van der Waals surface area contributed by atoms with E-state index in [0.29, 0.717) is 18.2 Å². The molecule has 0 radical (unpaired) electrons. The van der Waals surface area contributed by atoms with Crippen LogP contribution < -0.4 is 16.7 Å². The lowest BCUT2D eigenvalue weighted by Crippen LogP contribution is -2.13. The fourth-order valence-corrected chi connectivity index (χ4v) is 1.49. The van der Waals surface area contributed by atoms with Crippen molar-refractivity contribution in [1.82, 2.24) is 14.5 Å². The molecule has 0 atom stereocenters. The molecule has 3 N–H and O–H groups in total. The van der Waals surface area contributed by atoms with E-state index < -0.39 is 0 Å². The smallest absolute Gasteiger partial charge is 0.181 e. The zero-order valence-electron chi connectivity index (χ0n) is 9.42. The van der Waals surface area contributed by atoms with Gasteiger partial charge in [-0.05, 0) is 6.92 Å². The molecule has 0 aromatic carbocycles. The second-order valence-electron chi connectivity index (χ2n) is 3.66. The van der Waals surface area contributed by atoms with Crippen molar-refractivity contribution < 1.29 is 0 Å². The average molecular weight is 231 g/mol. The molecule has 0 aliphatic heterocycles. The number of hydrogen-bond donors (Lipinski definition) is 2. The van der Waals surface area contributed by atoms with Gasteiger partial charge in [0.15, 0.2) is 11.3 Å². The first-order valence-electron chi connectivity index (χ1n) is 5.14. The topological polar surface area (TPSA) is 85.8 Å². The number of anilines is 1. The molecule has 2 aromatic rings. The zero-order valence-corrected chi connectivity index (χ0v) is 9.42. The summed E-state index contributed by atoms with van der Waals surface area (Å²) in [5.41, 5.74) is 3.31. The van der Waals surface area contributed by atoms with Crippen LogP contribution in [0.2, 0.25) is 0 Å². The number of hydrogen-bond acceptors (Lipinski definition) is 5. The molecule has 0 bridgehead atoms. The summed E-state index contributed by atoms with van der Waals surface area (Å²) >= 11 is 0. The molecule has 0 amide bonds. The Balaban J connectivity index is 2.26. The van der Waals surface area contributed by atoms with E-state index in [-0.39, 0.29) is 5.43 Å². The molecule has 6 nitrogen and oxygen atoms in total. The quantitative estimate of drug-likeness (QED) is 0.585. The molecule has 0 aliphatic rings. The number of nitrogen functional groups attached to an aromatic ring is 1. The van der Waals surface area contributed by atoms with Gasteiger partial charge in [-0.3, -0.25) is 4.79 Å². The molecule has 0 fully saturated rings. The molecule has 0 saturated heterocycles. The first-order valence-corrected chi connectivity index (χ1v) is 5.14. The van der Waals surface area contributed by atoms with Gasteiger partial charge in [0, 0.05) is 36.3 Å². The molecule has 2 rings (SSSR count). The molecule has 6 heteroatoms. The molecule has 0 unspecified atom stereocenters. The summed E-state index contributed by atoms with van der Waals surface area (Å²) in [5, 5.41) is 0. The molecule has 0 spiro atoms. The summed E-state index contributed by atoms with van der Waals surface area (Å²) in [5.74, 6) is 6.53. The van der Waals surface area contributed by atoms with Crippen LogP contribution in [-0.2, 0) is 6.54 Å². The molecule has 0 aliphatic carbocycles. The number of aryl methyl sites for hydroxylation is 1. The Kier molecular flexibility index (Phi) is 3.15. The van der Waals surface area contributed by atoms with Crippen LogP contribution in [-0.4, -0.2) is 14.5 Å². The van der Waals surface area contributed by atoms with Gasteiger partial charge in [-0.25, -0.2) is 15.8 Å². The van der Waals surface area contributed by atoms with Gasteiger partial charge in [0.2, 0.25) is 0 Å². The average Bonchev–Trinajstić information content (AvgIpc) is 2.31. The Morgan fingerprint density at radius 1 is 1.35 bits per heavy atom. The third-order valence-corrected chi connectivity index (χ3v) is 2.23. The fourth-order valence-electron chi connectivity index (χ4n) is 1.49. The first-order chi connectivity index (χ1) is 8.17. The zero-order chi connectivity index (χ0) is 12.3. The summed E-state index contributed by atoms with van der Waals surface area (Å²) < 4.78 is 1.83. The molecular formula is C11H13N5O. The Labute approximate surface area is 98.1 Å². The van der Waals surface area contributed by atoms with Gasteiger partial charge in [0.25, 0.3) is 0 Å². The van der Waals surface area contributed by atoms with Crippen LogP contribution in [0.3, 0.4) is 0 Å². The van der Waals surface area contributed by atoms with Gasteiger partial charge < -0.3 is 9.99 Å². The normalized spacial score (nSPS) is 10.2. The van der Waals surface area contributed by atoms with E-state index >= 15 is 0 Å². The van der Waals surface area contributed by atoms with Crippen molar-refractivity contribution in [3.63, 3.8) is 0 Å². The van der Waals surface area contributed by atoms with Crippen LogP contribution in [0, 0.1) is 6.92 Å². The summed E-state index contributed by atoms with van der Waals surface area (Å²) in [6.45, 7) is 2.37. The van der Waals surface area contributed by atoms with E-state index in [0.717, 1.165) is 5.69 Å². The third kappa shape index (κ3) is 2.88. The third-order valence-electron chi connectivity index (χ3n) is 2.23. The maximum atomic E-state index is 11.0. The van der Waals surface area contributed by atoms with Crippen LogP contribution in [0.5, 0.6) is 0 Å². The van der Waals surface area contributed by atoms with Crippen molar-refractivity contribution in [1.29, 1.82) is 0 Å². The highest BCUT2D eigenvalue weighted by molar-refractivity contribution is 5.33. The molecular weight excluding hydrogens is 218 g/mol. The molecule has 2 aromatic heterocycles. The summed E-state index contributed by atoms with van der Waals surface area (Å²) in [7, 11) is 0. The summed E-state index contributed by atoms with van der Waals surface area (Å²) in [4.78, 5) is 19.5. The lowest BCUT2D eigenvalue weighted by molar-refractivity contribution is 0.733. The maximum Gasteiger partial charge on any atom is 0.181 e. The van der Waals surface area contributed by atoms with Crippen molar-refractivity contribution in [2.75, 3.05) is 5.43 Å². The van der Waals surface area contributed by atoms with Crippen LogP contribution in [0.15, 0.2) is 35.4 Å². The molecule has 17 heavy (non-hydrogen) atoms. The van der Waals surface area contributed by atoms with Gasteiger partial charge in [-0.1, -0.05) is 0 Å². The minimum Gasteiger partial charge on any atom is -0.346 e. The number of rotatable bonds is 3. The minimum absolute atomic E-state index is 0.0178. The maximum absolute atomic E-state index is 11.0. The molecule has 2 heterocycles. The van der Waals surface area contributed by atoms with Crippen LogP contribution in [0.1, 0.15) is 11.5 Å². The van der Waals surface area contributed by atoms with Crippen LogP contribution in [0.4, 0.5) is 5.82 Å². The fraction of sp³-hybridized carbons (Fsp3) is 0.182.